The maximum atomic E-state index is 12.7. The van der Waals surface area contributed by atoms with Gasteiger partial charge in [0.25, 0.3) is 0 Å². The zero-order valence-corrected chi connectivity index (χ0v) is 14.3. The van der Waals surface area contributed by atoms with Gasteiger partial charge in [-0.15, -0.1) is 11.3 Å². The van der Waals surface area contributed by atoms with E-state index in [4.69, 9.17) is 11.6 Å². The highest BCUT2D eigenvalue weighted by atomic mass is 35.5. The number of rotatable bonds is 4. The van der Waals surface area contributed by atoms with Crippen LogP contribution in [0, 0.1) is 18.3 Å². The molecule has 2 rings (SSSR count). The van der Waals surface area contributed by atoms with Crippen molar-refractivity contribution in [1.29, 1.82) is 5.26 Å². The van der Waals surface area contributed by atoms with Crippen LogP contribution in [-0.2, 0) is 12.6 Å². The van der Waals surface area contributed by atoms with Crippen molar-refractivity contribution in [3.05, 3.63) is 49.9 Å². The molecule has 1 unspecified atom stereocenters. The Balaban J connectivity index is 2.41. The highest BCUT2D eigenvalue weighted by Gasteiger charge is 2.33. The SMILES string of the molecule is CCc1sc(C(=O)C(C#N)c2ncc(C(F)(F)F)cc2Cl)cc1C. The first-order valence-electron chi connectivity index (χ1n) is 6.94. The van der Waals surface area contributed by atoms with E-state index < -0.39 is 23.4 Å². The second-order valence-electron chi connectivity index (χ2n) is 5.09. The van der Waals surface area contributed by atoms with E-state index in [-0.39, 0.29) is 10.7 Å². The van der Waals surface area contributed by atoms with Crippen LogP contribution >= 0.6 is 22.9 Å². The number of pyridine rings is 1. The van der Waals surface area contributed by atoms with E-state index in [9.17, 15) is 23.2 Å². The molecule has 0 bridgehead atoms. The highest BCUT2D eigenvalue weighted by Crippen LogP contribution is 2.34. The van der Waals surface area contributed by atoms with Gasteiger partial charge in [-0.2, -0.15) is 18.4 Å². The Morgan fingerprint density at radius 2 is 2.12 bits per heavy atom. The molecule has 2 aromatic heterocycles. The normalized spacial score (nSPS) is 12.7. The number of carbonyl (C=O) groups excluding carboxylic acids is 1. The molecular formula is C16H12ClF3N2OS. The van der Waals surface area contributed by atoms with Crippen LogP contribution in [0.15, 0.2) is 18.3 Å². The molecular weight excluding hydrogens is 361 g/mol. The highest BCUT2D eigenvalue weighted by molar-refractivity contribution is 7.14. The van der Waals surface area contributed by atoms with Gasteiger partial charge in [-0.25, -0.2) is 0 Å². The molecule has 2 aromatic rings. The fourth-order valence-corrected chi connectivity index (χ4v) is 3.55. The molecule has 0 N–H and O–H groups in total. The van der Waals surface area contributed by atoms with Crippen molar-refractivity contribution in [1.82, 2.24) is 4.98 Å². The Labute approximate surface area is 145 Å². The van der Waals surface area contributed by atoms with Crippen molar-refractivity contribution in [2.45, 2.75) is 32.4 Å². The van der Waals surface area contributed by atoms with Gasteiger partial charge >= 0.3 is 6.18 Å². The van der Waals surface area contributed by atoms with Gasteiger partial charge in [-0.3, -0.25) is 9.78 Å². The molecule has 8 heteroatoms. The zero-order chi connectivity index (χ0) is 18.1. The number of nitrogens with zero attached hydrogens (tertiary/aromatic N) is 2. The molecule has 1 atom stereocenters. The Kier molecular flexibility index (Phi) is 5.31. The fourth-order valence-electron chi connectivity index (χ4n) is 2.19. The monoisotopic (exact) mass is 372 g/mol. The number of thiophene rings is 1. The lowest BCUT2D eigenvalue weighted by Gasteiger charge is -2.11. The van der Waals surface area contributed by atoms with Gasteiger partial charge in [-0.1, -0.05) is 18.5 Å². The van der Waals surface area contributed by atoms with Crippen molar-refractivity contribution >= 4 is 28.7 Å². The number of alkyl halides is 3. The lowest BCUT2D eigenvalue weighted by Crippen LogP contribution is -2.14. The van der Waals surface area contributed by atoms with E-state index >= 15 is 0 Å². The summed E-state index contributed by atoms with van der Waals surface area (Å²) in [6.07, 6.45) is -3.27. The van der Waals surface area contributed by atoms with Crippen LogP contribution in [0.1, 0.15) is 44.2 Å². The van der Waals surface area contributed by atoms with E-state index in [0.717, 1.165) is 16.9 Å². The average molecular weight is 373 g/mol. The van der Waals surface area contributed by atoms with Crippen molar-refractivity contribution < 1.29 is 18.0 Å². The first kappa shape index (κ1) is 18.4. The second kappa shape index (κ2) is 6.91. The molecule has 0 aliphatic heterocycles. The lowest BCUT2D eigenvalue weighted by molar-refractivity contribution is -0.137. The first-order chi connectivity index (χ1) is 11.2. The van der Waals surface area contributed by atoms with Gasteiger partial charge in [0.15, 0.2) is 11.7 Å². The fraction of sp³-hybridized carbons (Fsp3) is 0.312. The van der Waals surface area contributed by atoms with Crippen LogP contribution in [-0.4, -0.2) is 10.8 Å². The summed E-state index contributed by atoms with van der Waals surface area (Å²) < 4.78 is 38.0. The number of halogens is 4. The number of aryl methyl sites for hydroxylation is 2. The van der Waals surface area contributed by atoms with Crippen molar-refractivity contribution in [2.24, 2.45) is 0 Å². The molecule has 0 spiro atoms. The number of hydrogen-bond acceptors (Lipinski definition) is 4. The van der Waals surface area contributed by atoms with E-state index in [1.165, 1.54) is 11.3 Å². The van der Waals surface area contributed by atoms with E-state index in [2.05, 4.69) is 4.98 Å². The predicted octanol–water partition coefficient (Wildman–Crippen LogP) is 5.18. The van der Waals surface area contributed by atoms with Gasteiger partial charge in [0.05, 0.1) is 27.2 Å². The summed E-state index contributed by atoms with van der Waals surface area (Å²) in [4.78, 5) is 17.6. The molecule has 126 valence electrons. The second-order valence-corrected chi connectivity index (χ2v) is 6.63. The van der Waals surface area contributed by atoms with Gasteiger partial charge in [0.2, 0.25) is 0 Å². The third-order valence-corrected chi connectivity index (χ3v) is 5.14. The minimum Gasteiger partial charge on any atom is -0.291 e. The number of carbonyl (C=O) groups is 1. The molecule has 0 aromatic carbocycles. The van der Waals surface area contributed by atoms with E-state index in [1.54, 1.807) is 12.1 Å². The third kappa shape index (κ3) is 3.60. The topological polar surface area (TPSA) is 53.8 Å². The van der Waals surface area contributed by atoms with Crippen LogP contribution < -0.4 is 0 Å². The Morgan fingerprint density at radius 3 is 2.58 bits per heavy atom. The van der Waals surface area contributed by atoms with Gasteiger partial charge in [-0.05, 0) is 31.0 Å². The van der Waals surface area contributed by atoms with Crippen LogP contribution in [0.5, 0.6) is 0 Å². The number of Topliss-reactive ketones (excluding diaryl/α,β-unsaturated/α-hetero) is 1. The van der Waals surface area contributed by atoms with Crippen LogP contribution in [0.25, 0.3) is 0 Å². The smallest absolute Gasteiger partial charge is 0.291 e. The third-order valence-electron chi connectivity index (χ3n) is 3.45. The minimum absolute atomic E-state index is 0.165. The quantitative estimate of drug-likeness (QED) is 0.695. The molecule has 3 nitrogen and oxygen atoms in total. The molecule has 0 aliphatic rings. The van der Waals surface area contributed by atoms with Crippen molar-refractivity contribution in [3.63, 3.8) is 0 Å². The van der Waals surface area contributed by atoms with Crippen LogP contribution in [0.4, 0.5) is 13.2 Å². The maximum Gasteiger partial charge on any atom is 0.417 e. The summed E-state index contributed by atoms with van der Waals surface area (Å²) in [5, 5.41) is 8.96. The summed E-state index contributed by atoms with van der Waals surface area (Å²) in [5.74, 6) is -1.86. The molecule has 0 aliphatic carbocycles. The van der Waals surface area contributed by atoms with E-state index in [0.29, 0.717) is 17.1 Å². The number of hydrogen-bond donors (Lipinski definition) is 0. The molecule has 0 fully saturated rings. The molecule has 0 saturated heterocycles. The van der Waals surface area contributed by atoms with Gasteiger partial charge in [0, 0.05) is 11.1 Å². The van der Waals surface area contributed by atoms with Crippen molar-refractivity contribution in [2.75, 3.05) is 0 Å². The summed E-state index contributed by atoms with van der Waals surface area (Å²) in [7, 11) is 0. The Morgan fingerprint density at radius 1 is 1.46 bits per heavy atom. The number of aromatic nitrogens is 1. The largest absolute Gasteiger partial charge is 0.417 e. The van der Waals surface area contributed by atoms with Crippen molar-refractivity contribution in [3.8, 4) is 6.07 Å². The standard InChI is InChI=1S/C16H12ClF3N2OS/c1-3-12-8(2)4-13(24-12)15(23)10(6-21)14-11(17)5-9(7-22-14)16(18,19)20/h4-5,7,10H,3H2,1-2H3. The zero-order valence-electron chi connectivity index (χ0n) is 12.7. The summed E-state index contributed by atoms with van der Waals surface area (Å²) in [5.41, 5.74) is -0.254. The minimum atomic E-state index is -4.60. The molecule has 2 heterocycles. The summed E-state index contributed by atoms with van der Waals surface area (Å²) >= 11 is 7.11. The Hall–Kier alpha value is -1.91. The van der Waals surface area contributed by atoms with Crippen LogP contribution in [0.3, 0.4) is 0 Å². The summed E-state index contributed by atoms with van der Waals surface area (Å²) in [6.45, 7) is 3.81. The molecule has 0 amide bonds. The van der Waals surface area contributed by atoms with E-state index in [1.807, 2.05) is 13.8 Å². The van der Waals surface area contributed by atoms with Crippen LogP contribution in [0.2, 0.25) is 5.02 Å². The average Bonchev–Trinajstić information content (AvgIpc) is 2.89. The van der Waals surface area contributed by atoms with Gasteiger partial charge in [0.1, 0.15) is 0 Å². The van der Waals surface area contributed by atoms with Gasteiger partial charge < -0.3 is 0 Å². The molecule has 0 saturated carbocycles. The number of nitriles is 1. The predicted molar refractivity (Wildman–Crippen MR) is 85.4 cm³/mol. The number of ketones is 1. The lowest BCUT2D eigenvalue weighted by atomic mass is 9.99. The molecule has 0 radical (unpaired) electrons. The Bertz CT molecular complexity index is 824. The summed E-state index contributed by atoms with van der Waals surface area (Å²) in [6, 6.07) is 4.15. The first-order valence-corrected chi connectivity index (χ1v) is 8.14. The maximum absolute atomic E-state index is 12.7. The molecule has 24 heavy (non-hydrogen) atoms.